The highest BCUT2D eigenvalue weighted by Crippen LogP contribution is 2.34. The Morgan fingerprint density at radius 1 is 1.04 bits per heavy atom. The average molecular weight is 338 g/mol. The molecule has 1 aliphatic heterocycles. The Kier molecular flexibility index (Phi) is 6.48. The molecule has 3 heteroatoms. The van der Waals surface area contributed by atoms with Gasteiger partial charge in [-0.1, -0.05) is 48.5 Å². The van der Waals surface area contributed by atoms with Crippen LogP contribution in [0.1, 0.15) is 36.3 Å². The summed E-state index contributed by atoms with van der Waals surface area (Å²) in [5, 5.41) is 3.78. The molecule has 134 valence electrons. The number of methoxy groups -OCH3 is 1. The van der Waals surface area contributed by atoms with E-state index in [1.807, 2.05) is 6.07 Å². The molecule has 25 heavy (non-hydrogen) atoms. The van der Waals surface area contributed by atoms with Gasteiger partial charge in [0.15, 0.2) is 0 Å². The molecule has 3 nitrogen and oxygen atoms in total. The van der Waals surface area contributed by atoms with E-state index in [0.717, 1.165) is 18.7 Å². The summed E-state index contributed by atoms with van der Waals surface area (Å²) in [6.45, 7) is 3.44. The molecule has 1 aliphatic rings. The van der Waals surface area contributed by atoms with Gasteiger partial charge in [-0.2, -0.15) is 0 Å². The van der Waals surface area contributed by atoms with E-state index in [2.05, 4.69) is 65.8 Å². The van der Waals surface area contributed by atoms with Crippen molar-refractivity contribution in [3.63, 3.8) is 0 Å². The van der Waals surface area contributed by atoms with Crippen LogP contribution in [0, 0.1) is 0 Å². The minimum Gasteiger partial charge on any atom is -0.496 e. The molecule has 0 amide bonds. The molecule has 0 radical (unpaired) electrons. The van der Waals surface area contributed by atoms with Crippen LogP contribution >= 0.6 is 0 Å². The van der Waals surface area contributed by atoms with Gasteiger partial charge in [-0.25, -0.2) is 0 Å². The van der Waals surface area contributed by atoms with Gasteiger partial charge in [0, 0.05) is 17.5 Å². The highest BCUT2D eigenvalue weighted by atomic mass is 16.5. The summed E-state index contributed by atoms with van der Waals surface area (Å²) < 4.78 is 5.63. The number of piperidine rings is 1. The second-order valence-corrected chi connectivity index (χ2v) is 7.03. The zero-order valence-corrected chi connectivity index (χ0v) is 15.4. The maximum Gasteiger partial charge on any atom is 0.122 e. The second-order valence-electron chi connectivity index (χ2n) is 7.03. The van der Waals surface area contributed by atoms with Gasteiger partial charge in [0.1, 0.15) is 5.75 Å². The zero-order chi connectivity index (χ0) is 17.5. The molecular formula is C22H30N2O. The van der Waals surface area contributed by atoms with Crippen molar-refractivity contribution in [1.82, 2.24) is 10.2 Å². The molecule has 1 atom stereocenters. The van der Waals surface area contributed by atoms with Crippen LogP contribution in [-0.2, 0) is 0 Å². The molecule has 0 aliphatic carbocycles. The first-order valence-electron chi connectivity index (χ1n) is 9.37. The molecule has 0 aromatic heterocycles. The Hall–Kier alpha value is -1.84. The van der Waals surface area contributed by atoms with Crippen LogP contribution < -0.4 is 10.1 Å². The SMILES string of the molecule is COc1ccccc1[C@@H](CCNC1CCN(C)CC1)c1ccccc1. The number of ether oxygens (including phenoxy) is 1. The lowest BCUT2D eigenvalue weighted by atomic mass is 9.87. The number of hydrogen-bond acceptors (Lipinski definition) is 3. The number of benzene rings is 2. The minimum absolute atomic E-state index is 0.358. The maximum absolute atomic E-state index is 5.63. The molecule has 2 aromatic rings. The monoisotopic (exact) mass is 338 g/mol. The van der Waals surface area contributed by atoms with Crippen LogP contribution in [-0.4, -0.2) is 44.7 Å². The van der Waals surface area contributed by atoms with Gasteiger partial charge in [0.2, 0.25) is 0 Å². The highest BCUT2D eigenvalue weighted by molar-refractivity contribution is 5.42. The number of hydrogen-bond donors (Lipinski definition) is 1. The van der Waals surface area contributed by atoms with E-state index in [1.54, 1.807) is 7.11 Å². The summed E-state index contributed by atoms with van der Waals surface area (Å²) in [5.74, 6) is 1.34. The van der Waals surface area contributed by atoms with Crippen molar-refractivity contribution in [2.45, 2.75) is 31.2 Å². The third-order valence-electron chi connectivity index (χ3n) is 5.30. The topological polar surface area (TPSA) is 24.5 Å². The molecule has 1 N–H and O–H groups in total. The van der Waals surface area contributed by atoms with E-state index in [-0.39, 0.29) is 0 Å². The van der Waals surface area contributed by atoms with E-state index in [1.165, 1.54) is 37.1 Å². The molecule has 0 bridgehead atoms. The van der Waals surface area contributed by atoms with Crippen LogP contribution in [0.2, 0.25) is 0 Å². The Labute approximate surface area is 152 Å². The summed E-state index contributed by atoms with van der Waals surface area (Å²) in [5.41, 5.74) is 2.64. The number of nitrogens with zero attached hydrogens (tertiary/aromatic N) is 1. The summed E-state index contributed by atoms with van der Waals surface area (Å²) >= 11 is 0. The first-order valence-corrected chi connectivity index (χ1v) is 9.37. The quantitative estimate of drug-likeness (QED) is 0.828. The van der Waals surface area contributed by atoms with Crippen LogP contribution in [0.3, 0.4) is 0 Å². The largest absolute Gasteiger partial charge is 0.496 e. The summed E-state index contributed by atoms with van der Waals surface area (Å²) in [4.78, 5) is 2.42. The number of likely N-dealkylation sites (tertiary alicyclic amines) is 1. The Bertz CT molecular complexity index is 635. The summed E-state index contributed by atoms with van der Waals surface area (Å²) in [7, 11) is 3.97. The number of nitrogens with one attached hydrogen (secondary N) is 1. The van der Waals surface area contributed by atoms with Gasteiger partial charge in [-0.3, -0.25) is 0 Å². The van der Waals surface area contributed by atoms with Crippen LogP contribution in [0.15, 0.2) is 54.6 Å². The first kappa shape index (κ1) is 18.0. The zero-order valence-electron chi connectivity index (χ0n) is 15.4. The van der Waals surface area contributed by atoms with E-state index in [4.69, 9.17) is 4.74 Å². The third-order valence-corrected chi connectivity index (χ3v) is 5.30. The fourth-order valence-corrected chi connectivity index (χ4v) is 3.79. The van der Waals surface area contributed by atoms with Crippen LogP contribution in [0.5, 0.6) is 5.75 Å². The molecule has 1 saturated heterocycles. The van der Waals surface area contributed by atoms with E-state index < -0.39 is 0 Å². The maximum atomic E-state index is 5.63. The Morgan fingerprint density at radius 2 is 1.72 bits per heavy atom. The molecular weight excluding hydrogens is 308 g/mol. The molecule has 0 spiro atoms. The van der Waals surface area contributed by atoms with Gasteiger partial charge in [-0.05, 0) is 57.6 Å². The van der Waals surface area contributed by atoms with E-state index >= 15 is 0 Å². The third kappa shape index (κ3) is 4.83. The minimum atomic E-state index is 0.358. The summed E-state index contributed by atoms with van der Waals surface area (Å²) in [6, 6.07) is 19.9. The van der Waals surface area contributed by atoms with Gasteiger partial charge in [0.25, 0.3) is 0 Å². The average Bonchev–Trinajstić information content (AvgIpc) is 2.67. The van der Waals surface area contributed by atoms with Gasteiger partial charge in [0.05, 0.1) is 7.11 Å². The van der Waals surface area contributed by atoms with Crippen LogP contribution in [0.4, 0.5) is 0 Å². The predicted octanol–water partition coefficient (Wildman–Crippen LogP) is 3.90. The van der Waals surface area contributed by atoms with Crippen molar-refractivity contribution in [1.29, 1.82) is 0 Å². The van der Waals surface area contributed by atoms with E-state index in [0.29, 0.717) is 12.0 Å². The lowest BCUT2D eigenvalue weighted by Gasteiger charge is -2.30. The second kappa shape index (κ2) is 9.02. The summed E-state index contributed by atoms with van der Waals surface area (Å²) in [6.07, 6.45) is 3.58. The molecule has 0 saturated carbocycles. The molecule has 1 heterocycles. The van der Waals surface area contributed by atoms with E-state index in [9.17, 15) is 0 Å². The normalized spacial score (nSPS) is 17.4. The Morgan fingerprint density at radius 3 is 2.44 bits per heavy atom. The van der Waals surface area contributed by atoms with Crippen molar-refractivity contribution < 1.29 is 4.74 Å². The van der Waals surface area contributed by atoms with Crippen molar-refractivity contribution in [3.05, 3.63) is 65.7 Å². The van der Waals surface area contributed by atoms with Crippen molar-refractivity contribution in [3.8, 4) is 5.75 Å². The smallest absolute Gasteiger partial charge is 0.122 e. The van der Waals surface area contributed by atoms with Gasteiger partial charge >= 0.3 is 0 Å². The Balaban J connectivity index is 1.69. The van der Waals surface area contributed by atoms with Crippen molar-refractivity contribution in [2.75, 3.05) is 33.8 Å². The highest BCUT2D eigenvalue weighted by Gasteiger charge is 2.20. The molecule has 2 aromatic carbocycles. The molecule has 1 fully saturated rings. The van der Waals surface area contributed by atoms with Gasteiger partial charge in [-0.15, -0.1) is 0 Å². The lowest BCUT2D eigenvalue weighted by molar-refractivity contribution is 0.234. The van der Waals surface area contributed by atoms with Crippen molar-refractivity contribution in [2.24, 2.45) is 0 Å². The van der Waals surface area contributed by atoms with Gasteiger partial charge < -0.3 is 15.0 Å². The standard InChI is InChI=1S/C22H30N2O/c1-24-16-13-19(14-17-24)23-15-12-20(18-8-4-3-5-9-18)21-10-6-7-11-22(21)25-2/h3-11,19-20,23H,12-17H2,1-2H3/t20-/m0/s1. The number of rotatable bonds is 7. The predicted molar refractivity (Wildman–Crippen MR) is 104 cm³/mol. The number of para-hydroxylation sites is 1. The van der Waals surface area contributed by atoms with Crippen LogP contribution in [0.25, 0.3) is 0 Å². The molecule has 0 unspecified atom stereocenters. The van der Waals surface area contributed by atoms with Crippen molar-refractivity contribution >= 4 is 0 Å². The fraction of sp³-hybridized carbons (Fsp3) is 0.455. The fourth-order valence-electron chi connectivity index (χ4n) is 3.79. The lowest BCUT2D eigenvalue weighted by Crippen LogP contribution is -2.41. The molecule has 3 rings (SSSR count). The first-order chi connectivity index (χ1) is 12.3.